The topological polar surface area (TPSA) is 65.2 Å². The maximum Gasteiger partial charge on any atom is 0.322 e. The van der Waals surface area contributed by atoms with Crippen LogP contribution in [0.4, 0.5) is 0 Å². The summed E-state index contributed by atoms with van der Waals surface area (Å²) in [5.74, 6) is -0.392. The molecule has 1 atom stereocenters. The highest BCUT2D eigenvalue weighted by Crippen LogP contribution is 2.15. The Bertz CT molecular complexity index is 581. The maximum atomic E-state index is 11.3. The Morgan fingerprint density at radius 3 is 2.89 bits per heavy atom. The summed E-state index contributed by atoms with van der Waals surface area (Å²) in [5, 5.41) is 1.05. The van der Waals surface area contributed by atoms with Gasteiger partial charge in [-0.05, 0) is 37.1 Å². The predicted molar refractivity (Wildman–Crippen MR) is 70.2 cm³/mol. The number of aryl methyl sites for hydroxylation is 1. The van der Waals surface area contributed by atoms with Crippen LogP contribution in [0, 0.1) is 6.92 Å². The highest BCUT2D eigenvalue weighted by atomic mass is 16.5. The van der Waals surface area contributed by atoms with E-state index in [1.165, 1.54) is 7.11 Å². The van der Waals surface area contributed by atoms with E-state index in [9.17, 15) is 4.79 Å². The van der Waals surface area contributed by atoms with E-state index in [2.05, 4.69) is 9.72 Å². The molecule has 1 unspecified atom stereocenters. The lowest BCUT2D eigenvalue weighted by Gasteiger charge is -2.09. The van der Waals surface area contributed by atoms with Gasteiger partial charge in [0.15, 0.2) is 0 Å². The first-order chi connectivity index (χ1) is 8.60. The molecule has 0 saturated carbocycles. The fourth-order valence-corrected chi connectivity index (χ4v) is 1.89. The van der Waals surface area contributed by atoms with Crippen molar-refractivity contribution in [1.29, 1.82) is 0 Å². The van der Waals surface area contributed by atoms with Crippen LogP contribution in [0.3, 0.4) is 0 Å². The van der Waals surface area contributed by atoms with Crippen molar-refractivity contribution in [3.63, 3.8) is 0 Å². The van der Waals surface area contributed by atoms with Crippen LogP contribution in [0.15, 0.2) is 30.3 Å². The average molecular weight is 244 g/mol. The minimum Gasteiger partial charge on any atom is -0.468 e. The summed E-state index contributed by atoms with van der Waals surface area (Å²) in [5.41, 5.74) is 8.68. The van der Waals surface area contributed by atoms with E-state index >= 15 is 0 Å². The van der Waals surface area contributed by atoms with Crippen molar-refractivity contribution in [2.45, 2.75) is 19.4 Å². The van der Waals surface area contributed by atoms with Crippen LogP contribution in [-0.4, -0.2) is 24.1 Å². The highest BCUT2D eigenvalue weighted by Gasteiger charge is 2.14. The number of aromatic nitrogens is 1. The predicted octanol–water partition coefficient (Wildman–Crippen LogP) is 1.59. The number of benzene rings is 1. The Kier molecular flexibility index (Phi) is 3.58. The van der Waals surface area contributed by atoms with Crippen LogP contribution in [0.1, 0.15) is 11.3 Å². The van der Waals surface area contributed by atoms with Crippen molar-refractivity contribution in [3.05, 3.63) is 41.6 Å². The van der Waals surface area contributed by atoms with Gasteiger partial charge in [0.2, 0.25) is 0 Å². The van der Waals surface area contributed by atoms with Crippen molar-refractivity contribution in [2.75, 3.05) is 7.11 Å². The molecule has 4 heteroatoms. The van der Waals surface area contributed by atoms with Crippen LogP contribution >= 0.6 is 0 Å². The van der Waals surface area contributed by atoms with E-state index in [0.717, 1.165) is 22.2 Å². The second kappa shape index (κ2) is 5.14. The molecule has 18 heavy (non-hydrogen) atoms. The van der Waals surface area contributed by atoms with Gasteiger partial charge in [-0.3, -0.25) is 9.78 Å². The Morgan fingerprint density at radius 1 is 1.39 bits per heavy atom. The van der Waals surface area contributed by atoms with E-state index in [1.54, 1.807) is 0 Å². The summed E-state index contributed by atoms with van der Waals surface area (Å²) < 4.78 is 4.61. The number of rotatable bonds is 3. The van der Waals surface area contributed by atoms with Crippen LogP contribution in [0.2, 0.25) is 0 Å². The number of nitrogens with two attached hydrogens (primary N) is 1. The molecular weight excluding hydrogens is 228 g/mol. The fourth-order valence-electron chi connectivity index (χ4n) is 1.89. The Hall–Kier alpha value is -1.94. The van der Waals surface area contributed by atoms with Crippen molar-refractivity contribution in [2.24, 2.45) is 5.73 Å². The first-order valence-electron chi connectivity index (χ1n) is 5.80. The molecule has 0 fully saturated rings. The molecule has 0 aliphatic rings. The van der Waals surface area contributed by atoms with Crippen molar-refractivity contribution in [1.82, 2.24) is 4.98 Å². The lowest BCUT2D eigenvalue weighted by molar-refractivity contribution is -0.142. The molecule has 2 rings (SSSR count). The number of methoxy groups -OCH3 is 1. The van der Waals surface area contributed by atoms with Crippen LogP contribution in [-0.2, 0) is 16.0 Å². The smallest absolute Gasteiger partial charge is 0.322 e. The molecule has 2 N–H and O–H groups in total. The van der Waals surface area contributed by atoms with Crippen molar-refractivity contribution >= 4 is 16.9 Å². The summed E-state index contributed by atoms with van der Waals surface area (Å²) >= 11 is 0. The number of carbonyl (C=O) groups excluding carboxylic acids is 1. The molecule has 4 nitrogen and oxygen atoms in total. The van der Waals surface area contributed by atoms with E-state index in [-0.39, 0.29) is 0 Å². The van der Waals surface area contributed by atoms with Gasteiger partial charge in [0.25, 0.3) is 0 Å². The fraction of sp³-hybridized carbons (Fsp3) is 0.286. The highest BCUT2D eigenvalue weighted by molar-refractivity contribution is 5.80. The molecule has 1 heterocycles. The Labute approximate surface area is 106 Å². The van der Waals surface area contributed by atoms with Crippen molar-refractivity contribution in [3.8, 4) is 0 Å². The van der Waals surface area contributed by atoms with Gasteiger partial charge in [0.05, 0.1) is 12.6 Å². The van der Waals surface area contributed by atoms with Gasteiger partial charge in [0.1, 0.15) is 6.04 Å². The number of hydrogen-bond donors (Lipinski definition) is 1. The van der Waals surface area contributed by atoms with Gasteiger partial charge in [-0.2, -0.15) is 0 Å². The third-order valence-electron chi connectivity index (χ3n) is 2.85. The Balaban J connectivity index is 2.25. The van der Waals surface area contributed by atoms with Crippen LogP contribution in [0.5, 0.6) is 0 Å². The quantitative estimate of drug-likeness (QED) is 0.833. The number of nitrogens with zero attached hydrogens (tertiary/aromatic N) is 1. The molecule has 1 aromatic carbocycles. The standard InChI is InChI=1S/C14H16N2O2/c1-9-3-5-11-7-10(4-6-13(11)16-9)8-12(15)14(17)18-2/h3-7,12H,8,15H2,1-2H3. The lowest BCUT2D eigenvalue weighted by atomic mass is 10.0. The molecule has 0 aliphatic carbocycles. The summed E-state index contributed by atoms with van der Waals surface area (Å²) in [6.45, 7) is 1.96. The molecule has 0 amide bonds. The summed E-state index contributed by atoms with van der Waals surface area (Å²) in [7, 11) is 1.34. The third kappa shape index (κ3) is 2.65. The SMILES string of the molecule is COC(=O)C(N)Cc1ccc2nc(C)ccc2c1. The molecule has 2 aromatic rings. The number of ether oxygens (including phenoxy) is 1. The Morgan fingerprint density at radius 2 is 2.17 bits per heavy atom. The minimum absolute atomic E-state index is 0.392. The van der Waals surface area contributed by atoms with Gasteiger partial charge in [-0.1, -0.05) is 12.1 Å². The molecule has 0 spiro atoms. The molecule has 0 bridgehead atoms. The summed E-state index contributed by atoms with van der Waals surface area (Å²) in [4.78, 5) is 15.7. The second-order valence-electron chi connectivity index (χ2n) is 4.31. The van der Waals surface area contributed by atoms with Gasteiger partial charge in [0, 0.05) is 11.1 Å². The van der Waals surface area contributed by atoms with E-state index in [1.807, 2.05) is 37.3 Å². The zero-order chi connectivity index (χ0) is 13.1. The molecule has 1 aromatic heterocycles. The van der Waals surface area contributed by atoms with E-state index < -0.39 is 12.0 Å². The molecule has 94 valence electrons. The van der Waals surface area contributed by atoms with Gasteiger partial charge >= 0.3 is 5.97 Å². The van der Waals surface area contributed by atoms with Crippen molar-refractivity contribution < 1.29 is 9.53 Å². The molecule has 0 aliphatic heterocycles. The molecule has 0 radical (unpaired) electrons. The maximum absolute atomic E-state index is 11.3. The second-order valence-corrected chi connectivity index (χ2v) is 4.31. The average Bonchev–Trinajstić information content (AvgIpc) is 2.38. The first kappa shape index (κ1) is 12.5. The zero-order valence-corrected chi connectivity index (χ0v) is 10.5. The van der Waals surface area contributed by atoms with Gasteiger partial charge in [-0.25, -0.2) is 0 Å². The van der Waals surface area contributed by atoms with Gasteiger partial charge in [-0.15, -0.1) is 0 Å². The minimum atomic E-state index is -0.620. The van der Waals surface area contributed by atoms with E-state index in [0.29, 0.717) is 6.42 Å². The monoisotopic (exact) mass is 244 g/mol. The largest absolute Gasteiger partial charge is 0.468 e. The normalized spacial score (nSPS) is 12.4. The zero-order valence-electron chi connectivity index (χ0n) is 10.5. The van der Waals surface area contributed by atoms with E-state index in [4.69, 9.17) is 5.73 Å². The number of carbonyl (C=O) groups is 1. The molecule has 0 saturated heterocycles. The first-order valence-corrected chi connectivity index (χ1v) is 5.80. The third-order valence-corrected chi connectivity index (χ3v) is 2.85. The lowest BCUT2D eigenvalue weighted by Crippen LogP contribution is -2.33. The summed E-state index contributed by atoms with van der Waals surface area (Å²) in [6.07, 6.45) is 0.469. The molecular formula is C14H16N2O2. The van der Waals surface area contributed by atoms with Crippen LogP contribution < -0.4 is 5.73 Å². The number of esters is 1. The van der Waals surface area contributed by atoms with Crippen LogP contribution in [0.25, 0.3) is 10.9 Å². The number of fused-ring (bicyclic) bond motifs is 1. The summed E-state index contributed by atoms with van der Waals surface area (Å²) in [6, 6.07) is 9.26. The number of pyridine rings is 1. The van der Waals surface area contributed by atoms with Gasteiger partial charge < -0.3 is 10.5 Å². The number of hydrogen-bond acceptors (Lipinski definition) is 4.